The molecule has 0 atom stereocenters. The minimum atomic E-state index is -3.89. The summed E-state index contributed by atoms with van der Waals surface area (Å²) in [5, 5.41) is 8.54. The molecule has 0 saturated heterocycles. The first kappa shape index (κ1) is 16.6. The zero-order chi connectivity index (χ0) is 15.0. The summed E-state index contributed by atoms with van der Waals surface area (Å²) in [7, 11) is -2.37. The quantitative estimate of drug-likeness (QED) is 0.592. The number of hydrogen-bond acceptors (Lipinski definition) is 4. The maximum atomic E-state index is 13.8. The summed E-state index contributed by atoms with van der Waals surface area (Å²) in [6, 6.07) is 3.55. The molecule has 0 amide bonds. The van der Waals surface area contributed by atoms with Crippen molar-refractivity contribution in [3.63, 3.8) is 0 Å². The van der Waals surface area contributed by atoms with Gasteiger partial charge in [0.2, 0.25) is 10.0 Å². The van der Waals surface area contributed by atoms with E-state index in [-0.39, 0.29) is 13.2 Å². The predicted molar refractivity (Wildman–Crippen MR) is 72.0 cm³/mol. The van der Waals surface area contributed by atoms with E-state index in [1.165, 1.54) is 13.2 Å². The van der Waals surface area contributed by atoms with E-state index >= 15 is 0 Å². The molecule has 0 bridgehead atoms. The minimum absolute atomic E-state index is 0.168. The Bertz CT molecular complexity index is 605. The maximum Gasteiger partial charge on any atom is 0.243 e. The molecule has 5 nitrogen and oxygen atoms in total. The van der Waals surface area contributed by atoms with Crippen molar-refractivity contribution < 1.29 is 22.7 Å². The molecule has 0 aliphatic carbocycles. The van der Waals surface area contributed by atoms with Crippen LogP contribution in [-0.2, 0) is 14.8 Å². The number of aliphatic hydroxyl groups excluding tert-OH is 1. The second kappa shape index (κ2) is 7.97. The Labute approximate surface area is 117 Å². The summed E-state index contributed by atoms with van der Waals surface area (Å²) in [6.07, 6.45) is 0.497. The summed E-state index contributed by atoms with van der Waals surface area (Å²) in [4.78, 5) is -0.426. The third-order valence-corrected chi connectivity index (χ3v) is 3.84. The lowest BCUT2D eigenvalue weighted by Gasteiger charge is -2.07. The van der Waals surface area contributed by atoms with Crippen molar-refractivity contribution in [2.24, 2.45) is 0 Å². The minimum Gasteiger partial charge on any atom is -0.385 e. The van der Waals surface area contributed by atoms with Gasteiger partial charge in [-0.05, 0) is 24.6 Å². The largest absolute Gasteiger partial charge is 0.385 e. The summed E-state index contributed by atoms with van der Waals surface area (Å²) in [5.41, 5.74) is 0.301. The first-order chi connectivity index (χ1) is 9.51. The molecule has 1 aromatic rings. The molecule has 20 heavy (non-hydrogen) atoms. The zero-order valence-electron chi connectivity index (χ0n) is 11.0. The molecule has 0 aliphatic rings. The molecule has 1 rings (SSSR count). The number of rotatable bonds is 6. The first-order valence-electron chi connectivity index (χ1n) is 5.89. The van der Waals surface area contributed by atoms with Gasteiger partial charge in [0.25, 0.3) is 0 Å². The van der Waals surface area contributed by atoms with Gasteiger partial charge >= 0.3 is 0 Å². The van der Waals surface area contributed by atoms with Crippen LogP contribution in [0.3, 0.4) is 0 Å². The van der Waals surface area contributed by atoms with Crippen molar-refractivity contribution in [2.75, 3.05) is 26.9 Å². The molecular formula is C13H16FNO4S. The first-order valence-corrected chi connectivity index (χ1v) is 7.37. The third kappa shape index (κ3) is 4.90. The Morgan fingerprint density at radius 2 is 2.20 bits per heavy atom. The fraction of sp³-hybridized carbons (Fsp3) is 0.385. The van der Waals surface area contributed by atoms with Gasteiger partial charge in [-0.15, -0.1) is 0 Å². The smallest absolute Gasteiger partial charge is 0.243 e. The van der Waals surface area contributed by atoms with Crippen LogP contribution < -0.4 is 4.72 Å². The van der Waals surface area contributed by atoms with Crippen molar-refractivity contribution in [3.8, 4) is 11.8 Å². The molecule has 0 aromatic heterocycles. The molecular weight excluding hydrogens is 285 g/mol. The van der Waals surface area contributed by atoms with E-state index in [1.54, 1.807) is 0 Å². The monoisotopic (exact) mass is 301 g/mol. The molecule has 0 aliphatic heterocycles. The SMILES string of the molecule is COCCCNS(=O)(=O)c1ccc(C#CCO)cc1F. The van der Waals surface area contributed by atoms with E-state index in [9.17, 15) is 12.8 Å². The average Bonchev–Trinajstić information content (AvgIpc) is 2.41. The van der Waals surface area contributed by atoms with E-state index in [4.69, 9.17) is 9.84 Å². The van der Waals surface area contributed by atoms with Gasteiger partial charge in [0.1, 0.15) is 17.3 Å². The highest BCUT2D eigenvalue weighted by Gasteiger charge is 2.18. The van der Waals surface area contributed by atoms with Crippen LogP contribution in [0.2, 0.25) is 0 Å². The second-order valence-electron chi connectivity index (χ2n) is 3.85. The van der Waals surface area contributed by atoms with Crippen LogP contribution in [0.15, 0.2) is 23.1 Å². The van der Waals surface area contributed by atoms with E-state index < -0.39 is 20.7 Å². The number of ether oxygens (including phenoxy) is 1. The van der Waals surface area contributed by atoms with Crippen LogP contribution in [0.5, 0.6) is 0 Å². The lowest BCUT2D eigenvalue weighted by molar-refractivity contribution is 0.196. The molecule has 0 spiro atoms. The highest BCUT2D eigenvalue weighted by Crippen LogP contribution is 2.15. The van der Waals surface area contributed by atoms with Crippen LogP contribution in [0.1, 0.15) is 12.0 Å². The molecule has 0 fully saturated rings. The maximum absolute atomic E-state index is 13.8. The van der Waals surface area contributed by atoms with Crippen molar-refractivity contribution in [2.45, 2.75) is 11.3 Å². The topological polar surface area (TPSA) is 75.6 Å². The van der Waals surface area contributed by atoms with E-state index in [1.807, 2.05) is 0 Å². The average molecular weight is 301 g/mol. The molecule has 0 saturated carbocycles. The Morgan fingerprint density at radius 3 is 2.80 bits per heavy atom. The third-order valence-electron chi connectivity index (χ3n) is 2.35. The number of methoxy groups -OCH3 is 1. The molecule has 0 unspecified atom stereocenters. The van der Waals surface area contributed by atoms with Crippen molar-refractivity contribution in [3.05, 3.63) is 29.6 Å². The predicted octanol–water partition coefficient (Wildman–Crippen LogP) is 0.484. The van der Waals surface area contributed by atoms with Gasteiger partial charge in [-0.3, -0.25) is 0 Å². The van der Waals surface area contributed by atoms with Crippen LogP contribution in [0.25, 0.3) is 0 Å². The summed E-state index contributed by atoms with van der Waals surface area (Å²) >= 11 is 0. The Hall–Kier alpha value is -1.46. The van der Waals surface area contributed by atoms with E-state index in [0.29, 0.717) is 18.6 Å². The summed E-state index contributed by atoms with van der Waals surface area (Å²) in [6.45, 7) is 0.241. The van der Waals surface area contributed by atoms with Crippen LogP contribution >= 0.6 is 0 Å². The Kier molecular flexibility index (Phi) is 6.61. The van der Waals surface area contributed by atoms with Gasteiger partial charge in [0, 0.05) is 25.8 Å². The molecule has 0 heterocycles. The lowest BCUT2D eigenvalue weighted by atomic mass is 10.2. The Balaban J connectivity index is 2.85. The second-order valence-corrected chi connectivity index (χ2v) is 5.58. The number of hydrogen-bond donors (Lipinski definition) is 2. The number of halogens is 1. The van der Waals surface area contributed by atoms with Gasteiger partial charge in [0.05, 0.1) is 0 Å². The fourth-order valence-corrected chi connectivity index (χ4v) is 2.57. The highest BCUT2D eigenvalue weighted by atomic mass is 32.2. The van der Waals surface area contributed by atoms with Gasteiger partial charge in [-0.2, -0.15) is 0 Å². The van der Waals surface area contributed by atoms with Gasteiger partial charge in [-0.25, -0.2) is 17.5 Å². The van der Waals surface area contributed by atoms with Crippen LogP contribution in [0.4, 0.5) is 4.39 Å². The number of aliphatic hydroxyl groups is 1. The van der Waals surface area contributed by atoms with Gasteiger partial charge in [-0.1, -0.05) is 11.8 Å². The van der Waals surface area contributed by atoms with E-state index in [2.05, 4.69) is 16.6 Å². The van der Waals surface area contributed by atoms with Crippen molar-refractivity contribution >= 4 is 10.0 Å². The number of benzene rings is 1. The molecule has 7 heteroatoms. The van der Waals surface area contributed by atoms with Crippen LogP contribution in [-0.4, -0.2) is 40.4 Å². The highest BCUT2D eigenvalue weighted by molar-refractivity contribution is 7.89. The Morgan fingerprint density at radius 1 is 1.45 bits per heavy atom. The van der Waals surface area contributed by atoms with E-state index in [0.717, 1.165) is 12.1 Å². The lowest BCUT2D eigenvalue weighted by Crippen LogP contribution is -2.26. The molecule has 0 radical (unpaired) electrons. The number of sulfonamides is 1. The summed E-state index contributed by atoms with van der Waals surface area (Å²) < 4.78 is 44.6. The van der Waals surface area contributed by atoms with Gasteiger partial charge in [0.15, 0.2) is 0 Å². The van der Waals surface area contributed by atoms with Crippen LogP contribution in [0, 0.1) is 17.7 Å². The molecule has 110 valence electrons. The van der Waals surface area contributed by atoms with Crippen molar-refractivity contribution in [1.82, 2.24) is 4.72 Å². The molecule has 1 aromatic carbocycles. The number of nitrogens with one attached hydrogen (secondary N) is 1. The molecule has 2 N–H and O–H groups in total. The normalized spacial score (nSPS) is 10.9. The summed E-state index contributed by atoms with van der Waals surface area (Å²) in [5.74, 6) is 3.98. The van der Waals surface area contributed by atoms with Crippen molar-refractivity contribution in [1.29, 1.82) is 0 Å². The fourth-order valence-electron chi connectivity index (χ4n) is 1.44. The standard InChI is InChI=1S/C13H16FNO4S/c1-19-9-3-7-15-20(17,18)13-6-5-11(4-2-8-16)10-12(13)14/h5-6,10,15-16H,3,7-9H2,1H3. The zero-order valence-corrected chi connectivity index (χ0v) is 11.8. The van der Waals surface area contributed by atoms with Gasteiger partial charge < -0.3 is 9.84 Å².